The quantitative estimate of drug-likeness (QED) is 0.714. The van der Waals surface area contributed by atoms with Crippen LogP contribution in [0, 0.1) is 11.3 Å². The fourth-order valence-electron chi connectivity index (χ4n) is 3.49. The highest BCUT2D eigenvalue weighted by Gasteiger charge is 2.57. The predicted octanol–water partition coefficient (Wildman–Crippen LogP) is 3.74. The van der Waals surface area contributed by atoms with Gasteiger partial charge < -0.3 is 9.47 Å². The van der Waals surface area contributed by atoms with Gasteiger partial charge in [0.2, 0.25) is 0 Å². The summed E-state index contributed by atoms with van der Waals surface area (Å²) in [4.78, 5) is 0. The molecule has 0 radical (unpaired) electrons. The van der Waals surface area contributed by atoms with Gasteiger partial charge in [0, 0.05) is 11.3 Å². The minimum atomic E-state index is -0.301. The molecular weight excluding hydrogens is 200 g/mol. The van der Waals surface area contributed by atoms with Crippen LogP contribution in [0.15, 0.2) is 0 Å². The van der Waals surface area contributed by atoms with E-state index >= 15 is 0 Å². The molecule has 3 atom stereocenters. The lowest BCUT2D eigenvalue weighted by Gasteiger charge is -2.50. The summed E-state index contributed by atoms with van der Waals surface area (Å²) in [6.45, 7) is 9.90. The van der Waals surface area contributed by atoms with Crippen molar-refractivity contribution < 1.29 is 9.47 Å². The van der Waals surface area contributed by atoms with Gasteiger partial charge in [0.25, 0.3) is 0 Å². The molecule has 0 aromatic carbocycles. The lowest BCUT2D eigenvalue weighted by atomic mass is 9.67. The van der Waals surface area contributed by atoms with Crippen LogP contribution < -0.4 is 0 Å². The van der Waals surface area contributed by atoms with Crippen LogP contribution in [-0.2, 0) is 9.47 Å². The molecule has 1 aliphatic carbocycles. The molecule has 0 bridgehead atoms. The normalized spacial score (nSPS) is 42.8. The average molecular weight is 226 g/mol. The van der Waals surface area contributed by atoms with Gasteiger partial charge in [0.05, 0.1) is 12.7 Å². The third-order valence-corrected chi connectivity index (χ3v) is 4.47. The van der Waals surface area contributed by atoms with E-state index in [4.69, 9.17) is 9.47 Å². The summed E-state index contributed by atoms with van der Waals surface area (Å²) < 4.78 is 12.5. The van der Waals surface area contributed by atoms with Crippen molar-refractivity contribution in [1.29, 1.82) is 0 Å². The van der Waals surface area contributed by atoms with E-state index in [1.54, 1.807) is 0 Å². The van der Waals surface area contributed by atoms with Gasteiger partial charge in [0.15, 0.2) is 5.79 Å². The second-order valence-electron chi connectivity index (χ2n) is 6.18. The molecule has 94 valence electrons. The van der Waals surface area contributed by atoms with Crippen LogP contribution in [0.5, 0.6) is 0 Å². The molecule has 1 aliphatic heterocycles. The molecule has 2 nitrogen and oxygen atoms in total. The van der Waals surface area contributed by atoms with Gasteiger partial charge in [-0.15, -0.1) is 0 Å². The van der Waals surface area contributed by atoms with Crippen LogP contribution in [0.3, 0.4) is 0 Å². The van der Waals surface area contributed by atoms with E-state index in [-0.39, 0.29) is 11.2 Å². The Bertz CT molecular complexity index is 249. The molecule has 1 spiro atoms. The summed E-state index contributed by atoms with van der Waals surface area (Å²) >= 11 is 0. The van der Waals surface area contributed by atoms with Crippen LogP contribution in [0.4, 0.5) is 0 Å². The van der Waals surface area contributed by atoms with Crippen molar-refractivity contribution in [3.05, 3.63) is 0 Å². The molecule has 0 aromatic heterocycles. The first-order valence-corrected chi connectivity index (χ1v) is 6.83. The topological polar surface area (TPSA) is 18.5 Å². The Labute approximate surface area is 99.7 Å². The maximum atomic E-state index is 6.34. The van der Waals surface area contributed by atoms with E-state index < -0.39 is 0 Å². The molecular formula is C14H26O2. The van der Waals surface area contributed by atoms with Crippen molar-refractivity contribution >= 4 is 0 Å². The van der Waals surface area contributed by atoms with Crippen LogP contribution in [-0.4, -0.2) is 18.5 Å². The standard InChI is InChI=1S/C14H26O2/c1-5-7-12-10-15-14(16-12)11(2)8-6-9-13(14,3)4/h11-12H,5-10H2,1-4H3. The summed E-state index contributed by atoms with van der Waals surface area (Å²) in [6, 6.07) is 0. The first-order valence-electron chi connectivity index (χ1n) is 6.83. The Kier molecular flexibility index (Phi) is 3.33. The van der Waals surface area contributed by atoms with Crippen LogP contribution >= 0.6 is 0 Å². The van der Waals surface area contributed by atoms with Crippen LogP contribution in [0.2, 0.25) is 0 Å². The van der Waals surface area contributed by atoms with Crippen LogP contribution in [0.1, 0.15) is 59.8 Å². The molecule has 2 rings (SSSR count). The maximum absolute atomic E-state index is 6.34. The number of hydrogen-bond donors (Lipinski definition) is 0. The van der Waals surface area contributed by atoms with Crippen molar-refractivity contribution in [2.24, 2.45) is 11.3 Å². The van der Waals surface area contributed by atoms with Gasteiger partial charge in [-0.05, 0) is 19.3 Å². The molecule has 2 heteroatoms. The highest BCUT2D eigenvalue weighted by molar-refractivity contribution is 4.98. The summed E-state index contributed by atoms with van der Waals surface area (Å²) in [7, 11) is 0. The molecule has 1 saturated heterocycles. The van der Waals surface area contributed by atoms with E-state index in [1.807, 2.05) is 0 Å². The molecule has 1 saturated carbocycles. The number of hydrogen-bond acceptors (Lipinski definition) is 2. The summed E-state index contributed by atoms with van der Waals surface area (Å²) in [5.41, 5.74) is 0.160. The number of rotatable bonds is 2. The first-order chi connectivity index (χ1) is 7.52. The second kappa shape index (κ2) is 4.30. The molecule has 16 heavy (non-hydrogen) atoms. The molecule has 0 N–H and O–H groups in total. The van der Waals surface area contributed by atoms with Crippen molar-refractivity contribution in [1.82, 2.24) is 0 Å². The van der Waals surface area contributed by atoms with E-state index in [9.17, 15) is 0 Å². The van der Waals surface area contributed by atoms with Crippen molar-refractivity contribution in [3.8, 4) is 0 Å². The van der Waals surface area contributed by atoms with E-state index in [2.05, 4.69) is 27.7 Å². The van der Waals surface area contributed by atoms with Gasteiger partial charge >= 0.3 is 0 Å². The average Bonchev–Trinajstić information content (AvgIpc) is 2.62. The Hall–Kier alpha value is -0.0800. The SMILES string of the molecule is CCCC1COC2(O1)C(C)CCCC2(C)C. The molecule has 0 aromatic rings. The Morgan fingerprint density at radius 3 is 2.69 bits per heavy atom. The van der Waals surface area contributed by atoms with Crippen molar-refractivity contribution in [2.45, 2.75) is 71.7 Å². The summed E-state index contributed by atoms with van der Waals surface area (Å²) in [5, 5.41) is 0. The zero-order chi connectivity index (χ0) is 11.8. The monoisotopic (exact) mass is 226 g/mol. The van der Waals surface area contributed by atoms with Crippen LogP contribution in [0.25, 0.3) is 0 Å². The summed E-state index contributed by atoms with van der Waals surface area (Å²) in [6.07, 6.45) is 6.40. The highest BCUT2D eigenvalue weighted by atomic mass is 16.7. The van der Waals surface area contributed by atoms with E-state index in [1.165, 1.54) is 25.7 Å². The molecule has 2 fully saturated rings. The lowest BCUT2D eigenvalue weighted by Crippen LogP contribution is -2.53. The molecule has 2 aliphatic rings. The minimum absolute atomic E-state index is 0.160. The number of ether oxygens (including phenoxy) is 2. The molecule has 3 unspecified atom stereocenters. The van der Waals surface area contributed by atoms with Gasteiger partial charge in [-0.3, -0.25) is 0 Å². The third-order valence-electron chi connectivity index (χ3n) is 4.47. The first kappa shape index (κ1) is 12.4. The minimum Gasteiger partial charge on any atom is -0.346 e. The molecule has 0 amide bonds. The lowest BCUT2D eigenvalue weighted by molar-refractivity contribution is -0.280. The van der Waals surface area contributed by atoms with Gasteiger partial charge in [0.1, 0.15) is 0 Å². The van der Waals surface area contributed by atoms with Crippen molar-refractivity contribution in [3.63, 3.8) is 0 Å². The van der Waals surface area contributed by atoms with E-state index in [0.717, 1.165) is 13.0 Å². The smallest absolute Gasteiger partial charge is 0.176 e. The Balaban J connectivity index is 2.15. The largest absolute Gasteiger partial charge is 0.346 e. The maximum Gasteiger partial charge on any atom is 0.176 e. The molecule has 1 heterocycles. The van der Waals surface area contributed by atoms with Gasteiger partial charge in [-0.2, -0.15) is 0 Å². The Morgan fingerprint density at radius 1 is 1.31 bits per heavy atom. The zero-order valence-corrected chi connectivity index (χ0v) is 11.2. The highest BCUT2D eigenvalue weighted by Crippen LogP contribution is 2.53. The fourth-order valence-corrected chi connectivity index (χ4v) is 3.49. The Morgan fingerprint density at radius 2 is 2.06 bits per heavy atom. The van der Waals surface area contributed by atoms with Gasteiger partial charge in [-0.25, -0.2) is 0 Å². The summed E-state index contributed by atoms with van der Waals surface area (Å²) in [5.74, 6) is 0.226. The van der Waals surface area contributed by atoms with Gasteiger partial charge in [-0.1, -0.05) is 40.5 Å². The fraction of sp³-hybridized carbons (Fsp3) is 1.00. The zero-order valence-electron chi connectivity index (χ0n) is 11.2. The van der Waals surface area contributed by atoms with E-state index in [0.29, 0.717) is 12.0 Å². The second-order valence-corrected chi connectivity index (χ2v) is 6.18. The predicted molar refractivity (Wildman–Crippen MR) is 65.3 cm³/mol. The van der Waals surface area contributed by atoms with Crippen molar-refractivity contribution in [2.75, 3.05) is 6.61 Å². The third kappa shape index (κ3) is 1.80.